The first kappa shape index (κ1) is 14.5. The SMILES string of the molecule is Cc1nn(Cc2ncn(-c3ccccc3)n2)c(C)c1CCO. The molecule has 0 fully saturated rings. The van der Waals surface area contributed by atoms with Gasteiger partial charge in [-0.2, -0.15) is 5.10 Å². The summed E-state index contributed by atoms with van der Waals surface area (Å²) in [6, 6.07) is 9.89. The highest BCUT2D eigenvalue weighted by molar-refractivity contribution is 5.29. The van der Waals surface area contributed by atoms with Crippen LogP contribution in [0.4, 0.5) is 0 Å². The number of para-hydroxylation sites is 1. The van der Waals surface area contributed by atoms with Gasteiger partial charge in [0.15, 0.2) is 5.82 Å². The lowest BCUT2D eigenvalue weighted by Crippen LogP contribution is -2.07. The van der Waals surface area contributed by atoms with Crippen molar-refractivity contribution >= 4 is 0 Å². The van der Waals surface area contributed by atoms with Crippen molar-refractivity contribution in [3.63, 3.8) is 0 Å². The van der Waals surface area contributed by atoms with Gasteiger partial charge in [-0.05, 0) is 38.0 Å². The fraction of sp³-hybridized carbons (Fsp3) is 0.312. The van der Waals surface area contributed by atoms with E-state index in [9.17, 15) is 0 Å². The minimum Gasteiger partial charge on any atom is -0.396 e. The summed E-state index contributed by atoms with van der Waals surface area (Å²) in [5.41, 5.74) is 4.09. The summed E-state index contributed by atoms with van der Waals surface area (Å²) in [6.07, 6.45) is 2.34. The van der Waals surface area contributed by atoms with Crippen molar-refractivity contribution in [2.45, 2.75) is 26.8 Å². The number of benzene rings is 1. The van der Waals surface area contributed by atoms with Crippen molar-refractivity contribution in [2.24, 2.45) is 0 Å². The van der Waals surface area contributed by atoms with Crippen LogP contribution in [0.25, 0.3) is 5.69 Å². The summed E-state index contributed by atoms with van der Waals surface area (Å²) in [5, 5.41) is 18.2. The molecule has 0 aliphatic carbocycles. The highest BCUT2D eigenvalue weighted by Gasteiger charge is 2.12. The van der Waals surface area contributed by atoms with Crippen LogP contribution in [-0.4, -0.2) is 36.3 Å². The number of hydrogen-bond donors (Lipinski definition) is 1. The van der Waals surface area contributed by atoms with Gasteiger partial charge in [-0.3, -0.25) is 4.68 Å². The van der Waals surface area contributed by atoms with Gasteiger partial charge in [0.1, 0.15) is 12.9 Å². The van der Waals surface area contributed by atoms with Crippen LogP contribution >= 0.6 is 0 Å². The molecule has 2 aromatic heterocycles. The van der Waals surface area contributed by atoms with Gasteiger partial charge in [-0.25, -0.2) is 9.67 Å². The third kappa shape index (κ3) is 2.78. The van der Waals surface area contributed by atoms with Gasteiger partial charge in [0, 0.05) is 12.3 Å². The van der Waals surface area contributed by atoms with E-state index in [4.69, 9.17) is 5.11 Å². The smallest absolute Gasteiger partial charge is 0.172 e. The molecule has 0 spiro atoms. The Kier molecular flexibility index (Phi) is 4.02. The molecule has 114 valence electrons. The van der Waals surface area contributed by atoms with Gasteiger partial charge in [0.2, 0.25) is 0 Å². The average Bonchev–Trinajstić information content (AvgIpc) is 3.09. The second-order valence-corrected chi connectivity index (χ2v) is 5.22. The maximum absolute atomic E-state index is 9.13. The van der Waals surface area contributed by atoms with Crippen molar-refractivity contribution in [1.29, 1.82) is 0 Å². The summed E-state index contributed by atoms with van der Waals surface area (Å²) in [4.78, 5) is 4.36. The minimum absolute atomic E-state index is 0.133. The molecule has 0 atom stereocenters. The summed E-state index contributed by atoms with van der Waals surface area (Å²) in [6.45, 7) is 4.63. The van der Waals surface area contributed by atoms with E-state index in [2.05, 4.69) is 15.2 Å². The first-order chi connectivity index (χ1) is 10.7. The Labute approximate surface area is 129 Å². The van der Waals surface area contributed by atoms with E-state index < -0.39 is 0 Å². The number of aryl methyl sites for hydroxylation is 1. The molecule has 0 amide bonds. The summed E-state index contributed by atoms with van der Waals surface area (Å²) < 4.78 is 3.65. The number of aromatic nitrogens is 5. The Hall–Kier alpha value is -2.47. The maximum Gasteiger partial charge on any atom is 0.172 e. The van der Waals surface area contributed by atoms with Crippen molar-refractivity contribution in [3.8, 4) is 5.69 Å². The fourth-order valence-corrected chi connectivity index (χ4v) is 2.57. The highest BCUT2D eigenvalue weighted by Crippen LogP contribution is 2.14. The molecule has 6 nitrogen and oxygen atoms in total. The van der Waals surface area contributed by atoms with E-state index in [0.29, 0.717) is 18.8 Å². The van der Waals surface area contributed by atoms with E-state index in [0.717, 1.165) is 22.6 Å². The van der Waals surface area contributed by atoms with Crippen molar-refractivity contribution in [3.05, 3.63) is 59.4 Å². The second kappa shape index (κ2) is 6.11. The van der Waals surface area contributed by atoms with E-state index >= 15 is 0 Å². The fourth-order valence-electron chi connectivity index (χ4n) is 2.57. The third-order valence-corrected chi connectivity index (χ3v) is 3.74. The standard InChI is InChI=1S/C16H19N5O/c1-12-15(8-9-22)13(2)20(18-12)10-16-17-11-21(19-16)14-6-4-3-5-7-14/h3-7,11,22H,8-10H2,1-2H3. The molecule has 0 radical (unpaired) electrons. The molecule has 0 bridgehead atoms. The first-order valence-electron chi connectivity index (χ1n) is 7.28. The predicted molar refractivity (Wildman–Crippen MR) is 83.0 cm³/mol. The van der Waals surface area contributed by atoms with Crippen molar-refractivity contribution in [1.82, 2.24) is 24.5 Å². The summed E-state index contributed by atoms with van der Waals surface area (Å²) in [5.74, 6) is 0.713. The predicted octanol–water partition coefficient (Wildman–Crippen LogP) is 1.66. The Morgan fingerprint density at radius 2 is 1.86 bits per heavy atom. The largest absolute Gasteiger partial charge is 0.396 e. The van der Waals surface area contributed by atoms with Crippen LogP contribution < -0.4 is 0 Å². The van der Waals surface area contributed by atoms with Crippen LogP contribution in [0.1, 0.15) is 22.8 Å². The summed E-state index contributed by atoms with van der Waals surface area (Å²) in [7, 11) is 0. The molecular weight excluding hydrogens is 278 g/mol. The topological polar surface area (TPSA) is 68.8 Å². The minimum atomic E-state index is 0.133. The van der Waals surface area contributed by atoms with Crippen LogP contribution in [0.5, 0.6) is 0 Å². The Morgan fingerprint density at radius 3 is 2.59 bits per heavy atom. The first-order valence-corrected chi connectivity index (χ1v) is 7.28. The van der Waals surface area contributed by atoms with Crippen molar-refractivity contribution in [2.75, 3.05) is 6.61 Å². The number of aliphatic hydroxyl groups excluding tert-OH is 1. The van der Waals surface area contributed by atoms with Gasteiger partial charge in [-0.15, -0.1) is 5.10 Å². The van der Waals surface area contributed by atoms with Crippen molar-refractivity contribution < 1.29 is 5.11 Å². The average molecular weight is 297 g/mol. The van der Waals surface area contributed by atoms with Crippen LogP contribution in [0.15, 0.2) is 36.7 Å². The van der Waals surface area contributed by atoms with Crippen LogP contribution in [-0.2, 0) is 13.0 Å². The maximum atomic E-state index is 9.13. The molecule has 22 heavy (non-hydrogen) atoms. The van der Waals surface area contributed by atoms with Gasteiger partial charge < -0.3 is 5.11 Å². The lowest BCUT2D eigenvalue weighted by atomic mass is 10.1. The molecule has 0 aliphatic heterocycles. The lowest BCUT2D eigenvalue weighted by Gasteiger charge is -2.02. The zero-order chi connectivity index (χ0) is 15.5. The third-order valence-electron chi connectivity index (χ3n) is 3.74. The molecule has 6 heteroatoms. The molecule has 3 aromatic rings. The molecule has 1 N–H and O–H groups in total. The summed E-state index contributed by atoms with van der Waals surface area (Å²) >= 11 is 0. The molecule has 0 saturated carbocycles. The van der Waals surface area contributed by atoms with Gasteiger partial charge in [0.05, 0.1) is 11.4 Å². The lowest BCUT2D eigenvalue weighted by molar-refractivity contribution is 0.299. The molecule has 1 aromatic carbocycles. The van der Waals surface area contributed by atoms with E-state index in [-0.39, 0.29) is 6.61 Å². The molecule has 2 heterocycles. The quantitative estimate of drug-likeness (QED) is 0.777. The normalized spacial score (nSPS) is 11.0. The molecule has 3 rings (SSSR count). The Balaban J connectivity index is 1.83. The van der Waals surface area contributed by atoms with Gasteiger partial charge in [-0.1, -0.05) is 18.2 Å². The molecule has 0 aliphatic rings. The van der Waals surface area contributed by atoms with Gasteiger partial charge >= 0.3 is 0 Å². The second-order valence-electron chi connectivity index (χ2n) is 5.22. The van der Waals surface area contributed by atoms with E-state index in [1.807, 2.05) is 48.9 Å². The number of hydrogen-bond acceptors (Lipinski definition) is 4. The van der Waals surface area contributed by atoms with Gasteiger partial charge in [0.25, 0.3) is 0 Å². The number of rotatable bonds is 5. The Morgan fingerprint density at radius 1 is 1.09 bits per heavy atom. The number of nitrogens with zero attached hydrogens (tertiary/aromatic N) is 5. The molecule has 0 unspecified atom stereocenters. The highest BCUT2D eigenvalue weighted by atomic mass is 16.3. The molecular formula is C16H19N5O. The number of aliphatic hydroxyl groups is 1. The van der Waals surface area contributed by atoms with Crippen LogP contribution in [0, 0.1) is 13.8 Å². The van der Waals surface area contributed by atoms with E-state index in [1.54, 1.807) is 11.0 Å². The van der Waals surface area contributed by atoms with Crippen LogP contribution in [0.2, 0.25) is 0 Å². The monoisotopic (exact) mass is 297 g/mol. The zero-order valence-corrected chi connectivity index (χ0v) is 12.8. The molecule has 0 saturated heterocycles. The zero-order valence-electron chi connectivity index (χ0n) is 12.8. The van der Waals surface area contributed by atoms with Crippen LogP contribution in [0.3, 0.4) is 0 Å². The Bertz CT molecular complexity index is 760. The van der Waals surface area contributed by atoms with E-state index in [1.165, 1.54) is 0 Å².